The Morgan fingerprint density at radius 2 is 2.07 bits per heavy atom. The third-order valence-corrected chi connectivity index (χ3v) is 5.95. The van der Waals surface area contributed by atoms with E-state index in [9.17, 15) is 4.79 Å². The Balaban J connectivity index is 1.47. The van der Waals surface area contributed by atoms with Gasteiger partial charge in [-0.25, -0.2) is 9.97 Å². The number of amides is 1. The highest BCUT2D eigenvalue weighted by atomic mass is 16.3. The molecule has 2 fully saturated rings. The molecule has 3 aromatic heterocycles. The van der Waals surface area contributed by atoms with Crippen molar-refractivity contribution in [1.82, 2.24) is 19.9 Å². The second-order valence-corrected chi connectivity index (χ2v) is 8.14. The van der Waals surface area contributed by atoms with E-state index in [4.69, 9.17) is 4.42 Å². The van der Waals surface area contributed by atoms with E-state index < -0.39 is 0 Å². The molecule has 1 atom stereocenters. The topological polar surface area (TPSA) is 84.2 Å². The van der Waals surface area contributed by atoms with Crippen LogP contribution in [-0.4, -0.2) is 44.4 Å². The maximum atomic E-state index is 13.4. The third-order valence-electron chi connectivity index (χ3n) is 5.95. The number of likely N-dealkylation sites (tertiary alicyclic amines) is 1. The summed E-state index contributed by atoms with van der Waals surface area (Å²) in [5.41, 5.74) is 2.32. The highest BCUT2D eigenvalue weighted by Crippen LogP contribution is 2.40. The molecule has 1 amide bonds. The number of carbonyl (C=O) groups excluding carboxylic acids is 1. The lowest BCUT2D eigenvalue weighted by Crippen LogP contribution is -2.29. The summed E-state index contributed by atoms with van der Waals surface area (Å²) in [6.45, 7) is 5.42. The van der Waals surface area contributed by atoms with Gasteiger partial charge in [0.2, 0.25) is 5.71 Å². The van der Waals surface area contributed by atoms with E-state index in [1.54, 1.807) is 12.4 Å². The van der Waals surface area contributed by atoms with Gasteiger partial charge in [0, 0.05) is 36.9 Å². The summed E-state index contributed by atoms with van der Waals surface area (Å²) in [5, 5.41) is 4.18. The van der Waals surface area contributed by atoms with Crippen molar-refractivity contribution in [2.24, 2.45) is 0 Å². The van der Waals surface area contributed by atoms with Crippen LogP contribution in [0.5, 0.6) is 0 Å². The van der Waals surface area contributed by atoms with Gasteiger partial charge in [-0.2, -0.15) is 0 Å². The highest BCUT2D eigenvalue weighted by molar-refractivity contribution is 6.10. The number of aryl methyl sites for hydroxylation is 1. The molecule has 7 nitrogen and oxygen atoms in total. The van der Waals surface area contributed by atoms with Gasteiger partial charge in [0.1, 0.15) is 17.9 Å². The molecule has 1 unspecified atom stereocenters. The van der Waals surface area contributed by atoms with Crippen molar-refractivity contribution in [2.45, 2.75) is 44.6 Å². The molecule has 28 heavy (non-hydrogen) atoms. The highest BCUT2D eigenvalue weighted by Gasteiger charge is 2.39. The van der Waals surface area contributed by atoms with Gasteiger partial charge in [-0.1, -0.05) is 0 Å². The number of fused-ring (bicyclic) bond motifs is 1. The Bertz CT molecular complexity index is 1040. The van der Waals surface area contributed by atoms with Crippen LogP contribution >= 0.6 is 0 Å². The third kappa shape index (κ3) is 2.91. The molecule has 2 aliphatic rings. The van der Waals surface area contributed by atoms with Gasteiger partial charge in [0.15, 0.2) is 0 Å². The van der Waals surface area contributed by atoms with Crippen LogP contribution in [0.4, 0.5) is 5.82 Å². The molecule has 1 saturated heterocycles. The minimum Gasteiger partial charge on any atom is -0.442 e. The molecule has 3 aromatic rings. The fourth-order valence-corrected chi connectivity index (χ4v) is 4.01. The molecule has 0 bridgehead atoms. The van der Waals surface area contributed by atoms with Crippen LogP contribution in [0.25, 0.3) is 11.1 Å². The molecule has 7 heteroatoms. The number of rotatable bonds is 4. The van der Waals surface area contributed by atoms with Crippen LogP contribution in [0.1, 0.15) is 53.8 Å². The van der Waals surface area contributed by atoms with Crippen LogP contribution in [0.15, 0.2) is 35.3 Å². The van der Waals surface area contributed by atoms with E-state index in [1.807, 2.05) is 24.0 Å². The van der Waals surface area contributed by atoms with E-state index in [0.29, 0.717) is 40.7 Å². The number of aromatic nitrogens is 3. The molecule has 0 radical (unpaired) electrons. The molecule has 5 rings (SSSR count). The van der Waals surface area contributed by atoms with E-state index >= 15 is 0 Å². The summed E-state index contributed by atoms with van der Waals surface area (Å²) in [6.07, 6.45) is 8.24. The van der Waals surface area contributed by atoms with Crippen molar-refractivity contribution in [2.75, 3.05) is 18.4 Å². The van der Waals surface area contributed by atoms with Gasteiger partial charge in [-0.15, -0.1) is 0 Å². The standard InChI is InChI=1S/C21H23N5O2/c1-13-16(17-18(25-21(2)6-7-21)23-12-24-19(17)28-13)20(27)26-10-5-15(11-26)14-3-8-22-9-4-14/h3-4,8-9,12,15H,5-7,10-11H2,1-2H3,(H,23,24,25). The summed E-state index contributed by atoms with van der Waals surface area (Å²) in [5.74, 6) is 1.61. The molecule has 0 spiro atoms. The zero-order valence-corrected chi connectivity index (χ0v) is 16.1. The van der Waals surface area contributed by atoms with E-state index in [-0.39, 0.29) is 11.4 Å². The number of nitrogens with zero attached hydrogens (tertiary/aromatic N) is 4. The molecule has 1 aliphatic heterocycles. The minimum absolute atomic E-state index is 0.00777. The number of hydrogen-bond donors (Lipinski definition) is 1. The second kappa shape index (κ2) is 6.29. The SMILES string of the molecule is Cc1oc2ncnc(NC3(C)CC3)c2c1C(=O)N1CCC(c2ccncc2)C1. The summed E-state index contributed by atoms with van der Waals surface area (Å²) >= 11 is 0. The Labute approximate surface area is 163 Å². The van der Waals surface area contributed by atoms with Crippen molar-refractivity contribution in [3.05, 3.63) is 47.7 Å². The summed E-state index contributed by atoms with van der Waals surface area (Å²) in [6, 6.07) is 4.06. The van der Waals surface area contributed by atoms with E-state index in [2.05, 4.69) is 27.2 Å². The predicted molar refractivity (Wildman–Crippen MR) is 105 cm³/mol. The Kier molecular flexibility index (Phi) is 3.86. The molecule has 1 aliphatic carbocycles. The van der Waals surface area contributed by atoms with Crippen molar-refractivity contribution in [3.63, 3.8) is 0 Å². The molecule has 144 valence electrons. The minimum atomic E-state index is -0.00777. The first kappa shape index (κ1) is 17.2. The summed E-state index contributed by atoms with van der Waals surface area (Å²) in [7, 11) is 0. The summed E-state index contributed by atoms with van der Waals surface area (Å²) in [4.78, 5) is 28.1. The average Bonchev–Trinajstić information content (AvgIpc) is 3.10. The van der Waals surface area contributed by atoms with Gasteiger partial charge >= 0.3 is 0 Å². The predicted octanol–water partition coefficient (Wildman–Crippen LogP) is 3.52. The molecule has 0 aromatic carbocycles. The lowest BCUT2D eigenvalue weighted by molar-refractivity contribution is 0.0790. The Morgan fingerprint density at radius 1 is 1.29 bits per heavy atom. The van der Waals surface area contributed by atoms with E-state index in [0.717, 1.165) is 25.8 Å². The lowest BCUT2D eigenvalue weighted by atomic mass is 10.00. The Hall–Kier alpha value is -2.96. The molecule has 1 saturated carbocycles. The van der Waals surface area contributed by atoms with Crippen LogP contribution in [0.2, 0.25) is 0 Å². The van der Waals surface area contributed by atoms with Gasteiger partial charge < -0.3 is 14.6 Å². The number of furan rings is 1. The monoisotopic (exact) mass is 377 g/mol. The first-order chi connectivity index (χ1) is 13.5. The normalized spacial score (nSPS) is 20.5. The largest absolute Gasteiger partial charge is 0.442 e. The van der Waals surface area contributed by atoms with Crippen molar-refractivity contribution >= 4 is 22.8 Å². The van der Waals surface area contributed by atoms with Gasteiger partial charge in [0.25, 0.3) is 5.91 Å². The number of hydrogen-bond acceptors (Lipinski definition) is 6. The smallest absolute Gasteiger partial charge is 0.258 e. The van der Waals surface area contributed by atoms with Crippen LogP contribution in [-0.2, 0) is 0 Å². The average molecular weight is 377 g/mol. The van der Waals surface area contributed by atoms with Gasteiger partial charge in [-0.05, 0) is 50.8 Å². The van der Waals surface area contributed by atoms with E-state index in [1.165, 1.54) is 11.9 Å². The number of pyridine rings is 1. The van der Waals surface area contributed by atoms with Crippen LogP contribution in [0.3, 0.4) is 0 Å². The fourth-order valence-electron chi connectivity index (χ4n) is 4.01. The number of carbonyl (C=O) groups is 1. The Morgan fingerprint density at radius 3 is 2.82 bits per heavy atom. The van der Waals surface area contributed by atoms with Gasteiger partial charge in [-0.3, -0.25) is 9.78 Å². The first-order valence-corrected chi connectivity index (χ1v) is 9.75. The lowest BCUT2D eigenvalue weighted by Gasteiger charge is -2.18. The zero-order chi connectivity index (χ0) is 19.3. The van der Waals surface area contributed by atoms with Crippen LogP contribution in [0, 0.1) is 6.92 Å². The maximum absolute atomic E-state index is 13.4. The first-order valence-electron chi connectivity index (χ1n) is 9.75. The number of nitrogens with one attached hydrogen (secondary N) is 1. The quantitative estimate of drug-likeness (QED) is 0.749. The van der Waals surface area contributed by atoms with Crippen LogP contribution < -0.4 is 5.32 Å². The van der Waals surface area contributed by atoms with Gasteiger partial charge in [0.05, 0.1) is 10.9 Å². The molecular formula is C21H23N5O2. The van der Waals surface area contributed by atoms with Crippen molar-refractivity contribution in [3.8, 4) is 0 Å². The second-order valence-electron chi connectivity index (χ2n) is 8.14. The molecule has 1 N–H and O–H groups in total. The maximum Gasteiger partial charge on any atom is 0.258 e. The molecular weight excluding hydrogens is 354 g/mol. The summed E-state index contributed by atoms with van der Waals surface area (Å²) < 4.78 is 5.82. The van der Waals surface area contributed by atoms with Crippen molar-refractivity contribution in [1.29, 1.82) is 0 Å². The molecule has 4 heterocycles. The van der Waals surface area contributed by atoms with Crippen molar-refractivity contribution < 1.29 is 9.21 Å². The zero-order valence-electron chi connectivity index (χ0n) is 16.1. The fraction of sp³-hybridized carbons (Fsp3) is 0.429. The number of anilines is 1.